The number of rotatable bonds is 21. The smallest absolute Gasteiger partial charge is 0.409 e. The van der Waals surface area contributed by atoms with E-state index >= 15 is 0 Å². The summed E-state index contributed by atoms with van der Waals surface area (Å²) in [5.41, 5.74) is 6.74. The number of hydrazone groups is 1. The molecule has 16 nitrogen and oxygen atoms in total. The number of likely N-dealkylation sites (N-methyl/N-ethyl adjacent to an activating group) is 1. The first-order valence-electron chi connectivity index (χ1n) is 20.8. The van der Waals surface area contributed by atoms with Gasteiger partial charge < -0.3 is 48.7 Å². The van der Waals surface area contributed by atoms with E-state index in [1.54, 1.807) is 35.8 Å². The normalized spacial score (nSPS) is 15.7. The lowest BCUT2D eigenvalue weighted by Crippen LogP contribution is -2.48. The van der Waals surface area contributed by atoms with E-state index in [-0.39, 0.29) is 36.7 Å². The summed E-state index contributed by atoms with van der Waals surface area (Å²) >= 11 is 6.53. The number of halogens is 1. The molecule has 4 aromatic rings. The van der Waals surface area contributed by atoms with Crippen molar-refractivity contribution in [3.63, 3.8) is 0 Å². The second-order valence-electron chi connectivity index (χ2n) is 14.9. The van der Waals surface area contributed by atoms with E-state index in [2.05, 4.69) is 25.7 Å². The largest absolute Gasteiger partial charge is 0.415 e. The molecule has 3 N–H and O–H groups in total. The Kier molecular flexibility index (Phi) is 16.9. The van der Waals surface area contributed by atoms with Crippen LogP contribution in [-0.4, -0.2) is 149 Å². The fraction of sp³-hybridized carbons (Fsp3) is 0.477. The highest BCUT2D eigenvalue weighted by Gasteiger charge is 2.36. The summed E-state index contributed by atoms with van der Waals surface area (Å²) < 4.78 is 27.9. The number of hydrogen-bond acceptors (Lipinski definition) is 11. The van der Waals surface area contributed by atoms with Gasteiger partial charge in [0.05, 0.1) is 70.7 Å². The number of aromatic amines is 1. The van der Waals surface area contributed by atoms with E-state index in [0.29, 0.717) is 108 Å². The quantitative estimate of drug-likeness (QED) is 0.0454. The molecule has 0 saturated carbocycles. The van der Waals surface area contributed by atoms with Crippen molar-refractivity contribution < 1.29 is 42.9 Å². The van der Waals surface area contributed by atoms with Crippen molar-refractivity contribution in [2.75, 3.05) is 110 Å². The van der Waals surface area contributed by atoms with Crippen molar-refractivity contribution in [3.8, 4) is 5.75 Å². The summed E-state index contributed by atoms with van der Waals surface area (Å²) in [7, 11) is 2.03. The molecule has 61 heavy (non-hydrogen) atoms. The number of anilines is 1. The van der Waals surface area contributed by atoms with Gasteiger partial charge in [0, 0.05) is 79.8 Å². The zero-order valence-corrected chi connectivity index (χ0v) is 35.9. The molecular formula is C44H56ClN7O9. The van der Waals surface area contributed by atoms with Crippen molar-refractivity contribution in [1.82, 2.24) is 25.5 Å². The van der Waals surface area contributed by atoms with Crippen LogP contribution >= 0.6 is 11.6 Å². The second-order valence-corrected chi connectivity index (χ2v) is 15.2. The Hall–Kier alpha value is -5.10. The van der Waals surface area contributed by atoms with Crippen LogP contribution in [0.2, 0.25) is 0 Å². The van der Waals surface area contributed by atoms with E-state index in [4.69, 9.17) is 35.3 Å². The number of alkyl halides is 1. The molecule has 4 amide bonds. The van der Waals surface area contributed by atoms with Gasteiger partial charge in [-0.1, -0.05) is 37.3 Å². The number of benzene rings is 3. The second kappa shape index (κ2) is 22.7. The minimum absolute atomic E-state index is 0.00169. The van der Waals surface area contributed by atoms with E-state index in [0.717, 1.165) is 45.9 Å². The van der Waals surface area contributed by atoms with Crippen LogP contribution in [0.5, 0.6) is 5.75 Å². The number of fused-ring (bicyclic) bond motifs is 4. The van der Waals surface area contributed by atoms with E-state index in [9.17, 15) is 19.2 Å². The highest BCUT2D eigenvalue weighted by molar-refractivity contribution is 6.19. The first-order chi connectivity index (χ1) is 29.7. The molecule has 6 rings (SSSR count). The molecule has 2 aliphatic heterocycles. The third kappa shape index (κ3) is 12.3. The van der Waals surface area contributed by atoms with Crippen LogP contribution in [0.1, 0.15) is 54.2 Å². The van der Waals surface area contributed by atoms with Crippen molar-refractivity contribution in [3.05, 3.63) is 71.4 Å². The van der Waals surface area contributed by atoms with Crippen LogP contribution in [0.4, 0.5) is 10.5 Å². The van der Waals surface area contributed by atoms with Gasteiger partial charge in [0.1, 0.15) is 11.4 Å². The van der Waals surface area contributed by atoms with Crippen LogP contribution in [0.3, 0.4) is 0 Å². The molecule has 17 heteroatoms. The van der Waals surface area contributed by atoms with Gasteiger partial charge in [0.2, 0.25) is 11.8 Å². The third-order valence-electron chi connectivity index (χ3n) is 10.6. The molecule has 0 unspecified atom stereocenters. The van der Waals surface area contributed by atoms with Gasteiger partial charge in [-0.2, -0.15) is 5.10 Å². The van der Waals surface area contributed by atoms with Crippen LogP contribution in [0, 0.1) is 0 Å². The highest BCUT2D eigenvalue weighted by Crippen LogP contribution is 2.46. The Balaban J connectivity index is 0.974. The molecule has 0 radical (unpaired) electrons. The first-order valence-corrected chi connectivity index (χ1v) is 21.3. The summed E-state index contributed by atoms with van der Waals surface area (Å²) in [6.07, 6.45) is 0.174. The molecule has 328 valence electrons. The maximum atomic E-state index is 14.3. The number of nitrogens with zero attached hydrogens (tertiary/aromatic N) is 4. The topological polar surface area (TPSA) is 176 Å². The number of piperazine rings is 1. The summed E-state index contributed by atoms with van der Waals surface area (Å²) in [6, 6.07) is 17.0. The molecule has 1 aromatic heterocycles. The first kappa shape index (κ1) is 45.4. The maximum Gasteiger partial charge on any atom is 0.415 e. The van der Waals surface area contributed by atoms with Gasteiger partial charge in [-0.05, 0) is 48.7 Å². The number of aromatic nitrogens is 1. The minimum Gasteiger partial charge on any atom is -0.409 e. The Labute approximate surface area is 360 Å². The van der Waals surface area contributed by atoms with Crippen LogP contribution in [0.15, 0.2) is 59.7 Å². The van der Waals surface area contributed by atoms with Gasteiger partial charge in [0.15, 0.2) is 0 Å². The van der Waals surface area contributed by atoms with Crippen LogP contribution < -0.4 is 20.4 Å². The Morgan fingerprint density at radius 2 is 1.51 bits per heavy atom. The molecule has 0 spiro atoms. The molecule has 3 aromatic carbocycles. The molecule has 3 heterocycles. The lowest BCUT2D eigenvalue weighted by Gasteiger charge is -2.31. The molecular weight excluding hydrogens is 806 g/mol. The van der Waals surface area contributed by atoms with Crippen molar-refractivity contribution in [1.29, 1.82) is 0 Å². The number of H-pyrrole nitrogens is 1. The minimum atomic E-state index is -0.412. The number of amides is 4. The SMILES string of the molecule is CCC(=O)NCCOCCOCCOCCOCCC(=O)N/N=C(\C)c1ccc2[nH]c(C(=O)N3C[C@@H](CCl)c4c3cc(OC(=O)N3CCN(C)CC3)c3ccccc43)cc2c1. The predicted octanol–water partition coefficient (Wildman–Crippen LogP) is 4.87. The van der Waals surface area contributed by atoms with Gasteiger partial charge in [-0.3, -0.25) is 14.4 Å². The van der Waals surface area contributed by atoms with Crippen LogP contribution in [0.25, 0.3) is 21.7 Å². The van der Waals surface area contributed by atoms with Crippen molar-refractivity contribution in [2.24, 2.45) is 5.10 Å². The average Bonchev–Trinajstić information content (AvgIpc) is 3.88. The average molecular weight is 862 g/mol. The lowest BCUT2D eigenvalue weighted by atomic mass is 9.95. The van der Waals surface area contributed by atoms with E-state index in [1.807, 2.05) is 49.5 Å². The number of hydrogen-bond donors (Lipinski definition) is 3. The zero-order chi connectivity index (χ0) is 43.1. The van der Waals surface area contributed by atoms with E-state index in [1.165, 1.54) is 0 Å². The van der Waals surface area contributed by atoms with Gasteiger partial charge in [-0.15, -0.1) is 11.6 Å². The lowest BCUT2D eigenvalue weighted by molar-refractivity contribution is -0.122. The third-order valence-corrected chi connectivity index (χ3v) is 11.0. The van der Waals surface area contributed by atoms with Crippen LogP contribution in [-0.2, 0) is 28.5 Å². The van der Waals surface area contributed by atoms with Gasteiger partial charge >= 0.3 is 6.09 Å². The number of nitrogens with one attached hydrogen (secondary N) is 3. The maximum absolute atomic E-state index is 14.3. The Bertz CT molecular complexity index is 2170. The van der Waals surface area contributed by atoms with Gasteiger partial charge in [-0.25, -0.2) is 10.2 Å². The van der Waals surface area contributed by atoms with E-state index < -0.39 is 6.09 Å². The molecule has 1 atom stereocenters. The zero-order valence-electron chi connectivity index (χ0n) is 35.1. The summed E-state index contributed by atoms with van der Waals surface area (Å²) in [6.45, 7) is 10.2. The summed E-state index contributed by atoms with van der Waals surface area (Å²) in [5.74, 6) is 0.0762. The number of ether oxygens (including phenoxy) is 5. The van der Waals surface area contributed by atoms with Crippen molar-refractivity contribution >= 4 is 68.5 Å². The fourth-order valence-corrected chi connectivity index (χ4v) is 7.41. The molecule has 0 bridgehead atoms. The predicted molar refractivity (Wildman–Crippen MR) is 234 cm³/mol. The highest BCUT2D eigenvalue weighted by atomic mass is 35.5. The Morgan fingerprint density at radius 3 is 2.20 bits per heavy atom. The standard InChI is InChI=1S/C44H56ClN7O9/c1-4-40(53)46-12-18-58-20-22-60-24-23-59-21-19-57-17-11-41(54)49-48-30(2)31-9-10-36-32(25-31)26-37(47-36)43(55)52-29-33(28-45)42-35-8-6-5-7-34(35)39(27-38(42)52)61-44(56)51-15-13-50(3)14-16-51/h5-10,25-27,33,47H,4,11-24,28-29H2,1-3H3,(H,46,53)(H,49,54)/b48-30+/t33-/m1/s1. The fourth-order valence-electron chi connectivity index (χ4n) is 7.16. The Morgan fingerprint density at radius 1 is 0.836 bits per heavy atom. The molecule has 1 saturated heterocycles. The number of carbonyl (C=O) groups is 4. The number of carbonyl (C=O) groups excluding carboxylic acids is 4. The summed E-state index contributed by atoms with van der Waals surface area (Å²) in [4.78, 5) is 60.1. The van der Waals surface area contributed by atoms with Crippen molar-refractivity contribution in [2.45, 2.75) is 32.6 Å². The molecule has 1 fully saturated rings. The van der Waals surface area contributed by atoms with Gasteiger partial charge in [0.25, 0.3) is 5.91 Å². The molecule has 0 aliphatic carbocycles. The summed E-state index contributed by atoms with van der Waals surface area (Å²) in [5, 5.41) is 9.52. The monoisotopic (exact) mass is 861 g/mol. The molecule has 2 aliphatic rings.